The van der Waals surface area contributed by atoms with Gasteiger partial charge in [-0.1, -0.05) is 13.8 Å². The van der Waals surface area contributed by atoms with E-state index in [1.165, 1.54) is 32.1 Å². The average Bonchev–Trinajstić information content (AvgIpc) is 2.27. The molecule has 0 saturated heterocycles. The third-order valence-electron chi connectivity index (χ3n) is 4.05. The third-order valence-corrected chi connectivity index (χ3v) is 4.05. The van der Waals surface area contributed by atoms with Gasteiger partial charge in [0.05, 0.1) is 6.10 Å². The topological polar surface area (TPSA) is 21.3 Å². The van der Waals surface area contributed by atoms with Crippen molar-refractivity contribution >= 4 is 0 Å². The summed E-state index contributed by atoms with van der Waals surface area (Å²) in [6.45, 7) is 11.1. The number of nitrogens with one attached hydrogen (secondary N) is 1. The van der Waals surface area contributed by atoms with Gasteiger partial charge in [0.1, 0.15) is 0 Å². The summed E-state index contributed by atoms with van der Waals surface area (Å²) in [6.07, 6.45) is 6.94. The van der Waals surface area contributed by atoms with Gasteiger partial charge in [0.2, 0.25) is 0 Å². The van der Waals surface area contributed by atoms with Crippen molar-refractivity contribution in [2.24, 2.45) is 11.8 Å². The maximum absolute atomic E-state index is 5.54. The van der Waals surface area contributed by atoms with Crippen molar-refractivity contribution in [3.8, 4) is 0 Å². The monoisotopic (exact) mass is 241 g/mol. The minimum absolute atomic E-state index is 0.378. The molecule has 2 nitrogen and oxygen atoms in total. The van der Waals surface area contributed by atoms with E-state index in [9.17, 15) is 0 Å². The van der Waals surface area contributed by atoms with Gasteiger partial charge in [-0.3, -0.25) is 0 Å². The summed E-state index contributed by atoms with van der Waals surface area (Å²) in [5, 5.41) is 3.71. The third kappa shape index (κ3) is 6.42. The summed E-state index contributed by atoms with van der Waals surface area (Å²) < 4.78 is 5.54. The Morgan fingerprint density at radius 3 is 2.53 bits per heavy atom. The molecule has 17 heavy (non-hydrogen) atoms. The fourth-order valence-corrected chi connectivity index (χ4v) is 2.59. The molecular formula is C15H31NO. The van der Waals surface area contributed by atoms with E-state index >= 15 is 0 Å². The Labute approximate surface area is 108 Å². The zero-order chi connectivity index (χ0) is 12.7. The molecule has 1 rings (SSSR count). The second kappa shape index (κ2) is 8.10. The molecule has 1 N–H and O–H groups in total. The molecule has 0 aromatic heterocycles. The fourth-order valence-electron chi connectivity index (χ4n) is 2.59. The van der Waals surface area contributed by atoms with Crippen LogP contribution in [0.3, 0.4) is 0 Å². The number of hydrogen-bond acceptors (Lipinski definition) is 2. The molecule has 3 unspecified atom stereocenters. The standard InChI is InChI=1S/C15H31NO/c1-12(2)17-10-6-5-9-16-15-8-7-13(3)14(4)11-15/h12-16H,5-11H2,1-4H3. The van der Waals surface area contributed by atoms with Gasteiger partial charge < -0.3 is 10.1 Å². The smallest absolute Gasteiger partial charge is 0.0518 e. The van der Waals surface area contributed by atoms with Crippen LogP contribution in [0.1, 0.15) is 59.8 Å². The normalized spacial score (nSPS) is 29.8. The minimum atomic E-state index is 0.378. The van der Waals surface area contributed by atoms with Gasteiger partial charge in [-0.2, -0.15) is 0 Å². The van der Waals surface area contributed by atoms with Crippen LogP contribution in [0.25, 0.3) is 0 Å². The van der Waals surface area contributed by atoms with E-state index in [4.69, 9.17) is 4.74 Å². The van der Waals surface area contributed by atoms with Crippen molar-refractivity contribution in [3.63, 3.8) is 0 Å². The van der Waals surface area contributed by atoms with E-state index in [1.54, 1.807) is 0 Å². The van der Waals surface area contributed by atoms with Gasteiger partial charge in [0.15, 0.2) is 0 Å². The van der Waals surface area contributed by atoms with Crippen LogP contribution in [0.2, 0.25) is 0 Å². The van der Waals surface area contributed by atoms with Crippen molar-refractivity contribution in [2.45, 2.75) is 71.9 Å². The predicted octanol–water partition coefficient (Wildman–Crippen LogP) is 3.61. The Morgan fingerprint density at radius 2 is 1.88 bits per heavy atom. The number of ether oxygens (including phenoxy) is 1. The average molecular weight is 241 g/mol. The quantitative estimate of drug-likeness (QED) is 0.688. The van der Waals surface area contributed by atoms with Crippen molar-refractivity contribution in [2.75, 3.05) is 13.2 Å². The lowest BCUT2D eigenvalue weighted by Gasteiger charge is -2.32. The molecule has 0 aromatic carbocycles. The van der Waals surface area contributed by atoms with Gasteiger partial charge in [0.25, 0.3) is 0 Å². The lowest BCUT2D eigenvalue weighted by Crippen LogP contribution is -2.36. The second-order valence-electron chi connectivity index (χ2n) is 6.05. The molecule has 0 aliphatic heterocycles. The lowest BCUT2D eigenvalue weighted by molar-refractivity contribution is 0.0757. The van der Waals surface area contributed by atoms with Gasteiger partial charge in [0, 0.05) is 12.6 Å². The first-order valence-corrected chi connectivity index (χ1v) is 7.44. The van der Waals surface area contributed by atoms with Crippen molar-refractivity contribution in [3.05, 3.63) is 0 Å². The number of rotatable bonds is 7. The predicted molar refractivity (Wildman–Crippen MR) is 74.3 cm³/mol. The molecule has 1 aliphatic rings. The van der Waals surface area contributed by atoms with Crippen LogP contribution in [0, 0.1) is 11.8 Å². The van der Waals surface area contributed by atoms with Crippen molar-refractivity contribution < 1.29 is 4.74 Å². The molecule has 1 fully saturated rings. The molecule has 102 valence electrons. The van der Waals surface area contributed by atoms with Crippen molar-refractivity contribution in [1.82, 2.24) is 5.32 Å². The van der Waals surface area contributed by atoms with E-state index in [1.807, 2.05) is 0 Å². The highest BCUT2D eigenvalue weighted by molar-refractivity contribution is 4.79. The van der Waals surface area contributed by atoms with Gasteiger partial charge >= 0.3 is 0 Å². The summed E-state index contributed by atoms with van der Waals surface area (Å²) in [4.78, 5) is 0. The minimum Gasteiger partial charge on any atom is -0.379 e. The molecule has 0 spiro atoms. The van der Waals surface area contributed by atoms with E-state index in [0.717, 1.165) is 31.0 Å². The molecule has 3 atom stereocenters. The van der Waals surface area contributed by atoms with Crippen LogP contribution in [0.5, 0.6) is 0 Å². The molecule has 0 heterocycles. The largest absolute Gasteiger partial charge is 0.379 e. The van der Waals surface area contributed by atoms with Gasteiger partial charge in [-0.15, -0.1) is 0 Å². The molecule has 1 saturated carbocycles. The molecule has 2 heteroatoms. The highest BCUT2D eigenvalue weighted by Gasteiger charge is 2.23. The fraction of sp³-hybridized carbons (Fsp3) is 1.00. The molecule has 0 amide bonds. The first-order chi connectivity index (χ1) is 8.09. The Morgan fingerprint density at radius 1 is 1.12 bits per heavy atom. The number of unbranched alkanes of at least 4 members (excludes halogenated alkanes) is 1. The summed E-state index contributed by atoms with van der Waals surface area (Å²) in [6, 6.07) is 0.771. The molecule has 0 radical (unpaired) electrons. The lowest BCUT2D eigenvalue weighted by atomic mass is 9.79. The van der Waals surface area contributed by atoms with Gasteiger partial charge in [-0.25, -0.2) is 0 Å². The molecular weight excluding hydrogens is 210 g/mol. The Balaban J connectivity index is 1.96. The molecule has 1 aliphatic carbocycles. The Kier molecular flexibility index (Phi) is 7.14. The zero-order valence-corrected chi connectivity index (χ0v) is 12.2. The van der Waals surface area contributed by atoms with Gasteiger partial charge in [-0.05, 0) is 64.3 Å². The zero-order valence-electron chi connectivity index (χ0n) is 12.2. The molecule has 0 bridgehead atoms. The maximum atomic E-state index is 5.54. The van der Waals surface area contributed by atoms with E-state index in [-0.39, 0.29) is 0 Å². The van der Waals surface area contributed by atoms with Crippen LogP contribution >= 0.6 is 0 Å². The van der Waals surface area contributed by atoms with Crippen LogP contribution < -0.4 is 5.32 Å². The Hall–Kier alpha value is -0.0800. The SMILES string of the molecule is CC(C)OCCCCNC1CCC(C)C(C)C1. The highest BCUT2D eigenvalue weighted by atomic mass is 16.5. The summed E-state index contributed by atoms with van der Waals surface area (Å²) >= 11 is 0. The first-order valence-electron chi connectivity index (χ1n) is 7.44. The summed E-state index contributed by atoms with van der Waals surface area (Å²) in [7, 11) is 0. The van der Waals surface area contributed by atoms with Crippen LogP contribution in [0.4, 0.5) is 0 Å². The van der Waals surface area contributed by atoms with E-state index in [2.05, 4.69) is 33.0 Å². The number of hydrogen-bond donors (Lipinski definition) is 1. The van der Waals surface area contributed by atoms with Crippen LogP contribution in [-0.4, -0.2) is 25.3 Å². The van der Waals surface area contributed by atoms with Crippen LogP contribution in [-0.2, 0) is 4.74 Å². The van der Waals surface area contributed by atoms with E-state index in [0.29, 0.717) is 6.10 Å². The Bertz CT molecular complexity index is 193. The maximum Gasteiger partial charge on any atom is 0.0518 e. The highest BCUT2D eigenvalue weighted by Crippen LogP contribution is 2.29. The first kappa shape index (κ1) is 15.0. The van der Waals surface area contributed by atoms with E-state index < -0.39 is 0 Å². The second-order valence-corrected chi connectivity index (χ2v) is 6.05. The van der Waals surface area contributed by atoms with Crippen molar-refractivity contribution in [1.29, 1.82) is 0 Å². The molecule has 0 aromatic rings. The van der Waals surface area contributed by atoms with Crippen LogP contribution in [0.15, 0.2) is 0 Å². The summed E-state index contributed by atoms with van der Waals surface area (Å²) in [5.41, 5.74) is 0. The summed E-state index contributed by atoms with van der Waals surface area (Å²) in [5.74, 6) is 1.82.